The lowest BCUT2D eigenvalue weighted by Gasteiger charge is -2.07. The molecule has 19 heavy (non-hydrogen) atoms. The van der Waals surface area contributed by atoms with Crippen LogP contribution in [-0.4, -0.2) is 10.9 Å². The number of benzene rings is 1. The summed E-state index contributed by atoms with van der Waals surface area (Å²) in [5.41, 5.74) is 4.69. The molecule has 4 nitrogen and oxygen atoms in total. The molecule has 1 heterocycles. The van der Waals surface area contributed by atoms with Gasteiger partial charge in [0.15, 0.2) is 11.6 Å². The molecule has 7 heteroatoms. The van der Waals surface area contributed by atoms with Crippen LogP contribution in [0.3, 0.4) is 0 Å². The molecule has 0 unspecified atom stereocenters. The second kappa shape index (κ2) is 4.97. The monoisotopic (exact) mass is 267 g/mol. The number of halogens is 3. The average Bonchev–Trinajstić information content (AvgIpc) is 2.34. The van der Waals surface area contributed by atoms with E-state index in [1.807, 2.05) is 5.32 Å². The van der Waals surface area contributed by atoms with Crippen molar-refractivity contribution in [1.82, 2.24) is 4.98 Å². The predicted molar refractivity (Wildman–Crippen MR) is 62.9 cm³/mol. The molecular formula is C12H8F3N3O. The first-order chi connectivity index (χ1) is 8.97. The Balaban J connectivity index is 2.26. The smallest absolute Gasteiger partial charge is 0.257 e. The molecule has 1 aromatic carbocycles. The fraction of sp³-hybridized carbons (Fsp3) is 0. The van der Waals surface area contributed by atoms with Gasteiger partial charge in [-0.05, 0) is 12.1 Å². The summed E-state index contributed by atoms with van der Waals surface area (Å²) in [4.78, 5) is 15.4. The number of nitrogens with zero attached hydrogens (tertiary/aromatic N) is 1. The van der Waals surface area contributed by atoms with Crippen LogP contribution >= 0.6 is 0 Å². The fourth-order valence-corrected chi connectivity index (χ4v) is 1.39. The van der Waals surface area contributed by atoms with Gasteiger partial charge in [0.2, 0.25) is 0 Å². The number of pyridine rings is 1. The van der Waals surface area contributed by atoms with Gasteiger partial charge < -0.3 is 11.1 Å². The van der Waals surface area contributed by atoms with E-state index < -0.39 is 29.0 Å². The van der Waals surface area contributed by atoms with Gasteiger partial charge >= 0.3 is 0 Å². The highest BCUT2D eigenvalue weighted by atomic mass is 19.1. The van der Waals surface area contributed by atoms with Gasteiger partial charge in [-0.25, -0.2) is 18.2 Å². The van der Waals surface area contributed by atoms with Crippen LogP contribution in [0.2, 0.25) is 0 Å². The van der Waals surface area contributed by atoms with E-state index in [0.29, 0.717) is 12.1 Å². The number of anilines is 2. The molecule has 1 amide bonds. The van der Waals surface area contributed by atoms with Crippen molar-refractivity contribution in [2.24, 2.45) is 0 Å². The molecule has 0 aliphatic heterocycles. The molecule has 0 fully saturated rings. The second-order valence-corrected chi connectivity index (χ2v) is 3.67. The largest absolute Gasteiger partial charge is 0.384 e. The predicted octanol–water partition coefficient (Wildman–Crippen LogP) is 2.33. The molecule has 0 saturated heterocycles. The summed E-state index contributed by atoms with van der Waals surface area (Å²) in [7, 11) is 0. The van der Waals surface area contributed by atoms with E-state index in [-0.39, 0.29) is 11.4 Å². The Morgan fingerprint density at radius 1 is 1.16 bits per heavy atom. The van der Waals surface area contributed by atoms with Crippen molar-refractivity contribution in [2.45, 2.75) is 0 Å². The van der Waals surface area contributed by atoms with Gasteiger partial charge in [0, 0.05) is 18.3 Å². The summed E-state index contributed by atoms with van der Waals surface area (Å²) < 4.78 is 39.3. The van der Waals surface area contributed by atoms with Crippen molar-refractivity contribution in [3.63, 3.8) is 0 Å². The molecule has 0 saturated carbocycles. The van der Waals surface area contributed by atoms with Crippen molar-refractivity contribution in [1.29, 1.82) is 0 Å². The van der Waals surface area contributed by atoms with E-state index in [4.69, 9.17) is 5.73 Å². The zero-order chi connectivity index (χ0) is 14.0. The minimum atomic E-state index is -1.20. The molecule has 2 aromatic rings. The summed E-state index contributed by atoms with van der Waals surface area (Å²) in [6, 6.07) is 3.66. The number of carbonyl (C=O) groups excluding carboxylic acids is 1. The summed E-state index contributed by atoms with van der Waals surface area (Å²) in [6.07, 6.45) is 1.16. The van der Waals surface area contributed by atoms with E-state index in [1.54, 1.807) is 0 Å². The average molecular weight is 267 g/mol. The first-order valence-electron chi connectivity index (χ1n) is 5.15. The maximum atomic E-state index is 13.3. The van der Waals surface area contributed by atoms with Crippen LogP contribution in [0, 0.1) is 17.5 Å². The van der Waals surface area contributed by atoms with Crippen LogP contribution in [0.15, 0.2) is 30.5 Å². The molecular weight excluding hydrogens is 259 g/mol. The van der Waals surface area contributed by atoms with Crippen molar-refractivity contribution < 1.29 is 18.0 Å². The Labute approximate surface area is 106 Å². The quantitative estimate of drug-likeness (QED) is 0.877. The van der Waals surface area contributed by atoms with Crippen LogP contribution in [0.1, 0.15) is 10.4 Å². The molecule has 1 aromatic heterocycles. The standard InChI is InChI=1S/C12H8F3N3O/c13-7-3-8(14)11(9(15)4-7)18-12(19)6-1-2-10(16)17-5-6/h1-5H,(H2,16,17)(H,18,19). The Bertz CT molecular complexity index is 606. The number of nitrogens with two attached hydrogens (primary N) is 1. The van der Waals surface area contributed by atoms with Crippen molar-refractivity contribution >= 4 is 17.4 Å². The number of hydrogen-bond donors (Lipinski definition) is 2. The number of aromatic nitrogens is 1. The molecule has 0 spiro atoms. The number of rotatable bonds is 2. The van der Waals surface area contributed by atoms with Gasteiger partial charge in [-0.2, -0.15) is 0 Å². The zero-order valence-electron chi connectivity index (χ0n) is 9.45. The van der Waals surface area contributed by atoms with E-state index in [9.17, 15) is 18.0 Å². The maximum Gasteiger partial charge on any atom is 0.257 e. The van der Waals surface area contributed by atoms with Crippen LogP contribution in [0.4, 0.5) is 24.7 Å². The summed E-state index contributed by atoms with van der Waals surface area (Å²) >= 11 is 0. The van der Waals surface area contributed by atoms with Gasteiger partial charge in [0.25, 0.3) is 5.91 Å². The molecule has 98 valence electrons. The summed E-state index contributed by atoms with van der Waals surface area (Å²) in [5, 5.41) is 2.01. The lowest BCUT2D eigenvalue weighted by Crippen LogP contribution is -2.15. The van der Waals surface area contributed by atoms with Gasteiger partial charge in [0.05, 0.1) is 5.56 Å². The minimum Gasteiger partial charge on any atom is -0.384 e. The highest BCUT2D eigenvalue weighted by molar-refractivity contribution is 6.04. The van der Waals surface area contributed by atoms with Crippen LogP contribution in [0.5, 0.6) is 0 Å². The van der Waals surface area contributed by atoms with Gasteiger partial charge in [-0.3, -0.25) is 4.79 Å². The fourth-order valence-electron chi connectivity index (χ4n) is 1.39. The third kappa shape index (κ3) is 2.82. The maximum absolute atomic E-state index is 13.3. The van der Waals surface area contributed by atoms with E-state index in [0.717, 1.165) is 6.20 Å². The molecule has 0 radical (unpaired) electrons. The lowest BCUT2D eigenvalue weighted by atomic mass is 10.2. The van der Waals surface area contributed by atoms with Crippen LogP contribution < -0.4 is 11.1 Å². The second-order valence-electron chi connectivity index (χ2n) is 3.67. The lowest BCUT2D eigenvalue weighted by molar-refractivity contribution is 0.102. The van der Waals surface area contributed by atoms with E-state index >= 15 is 0 Å². The van der Waals surface area contributed by atoms with Gasteiger partial charge in [-0.15, -0.1) is 0 Å². The van der Waals surface area contributed by atoms with Crippen molar-refractivity contribution in [3.05, 3.63) is 53.5 Å². The topological polar surface area (TPSA) is 68.0 Å². The first-order valence-corrected chi connectivity index (χ1v) is 5.15. The Morgan fingerprint density at radius 2 is 1.79 bits per heavy atom. The van der Waals surface area contributed by atoms with Gasteiger partial charge in [-0.1, -0.05) is 0 Å². The van der Waals surface area contributed by atoms with Crippen molar-refractivity contribution in [3.8, 4) is 0 Å². The van der Waals surface area contributed by atoms with Gasteiger partial charge in [0.1, 0.15) is 17.3 Å². The number of hydrogen-bond acceptors (Lipinski definition) is 3. The summed E-state index contributed by atoms with van der Waals surface area (Å²) in [6.45, 7) is 0. The number of nitrogens with one attached hydrogen (secondary N) is 1. The highest BCUT2D eigenvalue weighted by Gasteiger charge is 2.15. The Morgan fingerprint density at radius 3 is 2.32 bits per heavy atom. The third-order valence-corrected chi connectivity index (χ3v) is 2.29. The molecule has 3 N–H and O–H groups in total. The highest BCUT2D eigenvalue weighted by Crippen LogP contribution is 2.20. The molecule has 2 rings (SSSR count). The molecule has 0 bridgehead atoms. The number of amides is 1. The zero-order valence-corrected chi connectivity index (χ0v) is 9.45. The van der Waals surface area contributed by atoms with E-state index in [1.165, 1.54) is 12.1 Å². The van der Waals surface area contributed by atoms with Crippen LogP contribution in [0.25, 0.3) is 0 Å². The Hall–Kier alpha value is -2.57. The summed E-state index contributed by atoms with van der Waals surface area (Å²) in [5.74, 6) is -4.04. The third-order valence-electron chi connectivity index (χ3n) is 2.29. The normalized spacial score (nSPS) is 10.3. The number of carbonyl (C=O) groups is 1. The minimum absolute atomic E-state index is 0.0670. The van der Waals surface area contributed by atoms with Crippen molar-refractivity contribution in [2.75, 3.05) is 11.1 Å². The van der Waals surface area contributed by atoms with Crippen LogP contribution in [-0.2, 0) is 0 Å². The van der Waals surface area contributed by atoms with E-state index in [2.05, 4.69) is 4.98 Å². The first kappa shape index (κ1) is 12.9. The Kier molecular flexibility index (Phi) is 3.37. The molecule has 0 aliphatic rings. The number of nitrogen functional groups attached to an aromatic ring is 1. The molecule has 0 aliphatic carbocycles. The molecule has 0 atom stereocenters. The SMILES string of the molecule is Nc1ccc(C(=O)Nc2c(F)cc(F)cc2F)cn1.